The smallest absolute Gasteiger partial charge is 0.317 e. The molecule has 4 rings (SSSR count). The minimum Gasteiger partial charge on any atom is -0.481 e. The van der Waals surface area contributed by atoms with Gasteiger partial charge in [-0.25, -0.2) is 22.9 Å². The number of rotatable bonds is 7. The maximum Gasteiger partial charge on any atom is 0.317 e. The summed E-state index contributed by atoms with van der Waals surface area (Å²) in [5.74, 6) is -0.768. The number of hydrogen-bond donors (Lipinski definition) is 4. The highest BCUT2D eigenvalue weighted by atomic mass is 19.3. The minimum absolute atomic E-state index is 0.000160. The molecule has 0 unspecified atom stereocenters. The molecule has 2 aromatic rings. The number of ether oxygens (including phenoxy) is 2. The monoisotopic (exact) mass is 532 g/mol. The highest BCUT2D eigenvalue weighted by Crippen LogP contribution is 2.36. The highest BCUT2D eigenvalue weighted by molar-refractivity contribution is 6.07. The van der Waals surface area contributed by atoms with E-state index in [2.05, 4.69) is 20.9 Å². The Morgan fingerprint density at radius 2 is 2.03 bits per heavy atom. The number of urea groups is 1. The van der Waals surface area contributed by atoms with E-state index in [-0.39, 0.29) is 41.6 Å². The molecule has 1 aromatic carbocycles. The Hall–Kier alpha value is -3.80. The Kier molecular flexibility index (Phi) is 8.72. The van der Waals surface area contributed by atoms with Gasteiger partial charge in [0.1, 0.15) is 11.7 Å². The minimum atomic E-state index is -2.90. The van der Waals surface area contributed by atoms with Crippen molar-refractivity contribution >= 4 is 17.6 Å². The Morgan fingerprint density at radius 1 is 1.26 bits per heavy atom. The fourth-order valence-corrected chi connectivity index (χ4v) is 4.59. The number of amides is 2. The van der Waals surface area contributed by atoms with Crippen LogP contribution in [0.5, 0.6) is 5.88 Å². The van der Waals surface area contributed by atoms with Gasteiger partial charge < -0.3 is 30.3 Å². The third kappa shape index (κ3) is 6.18. The predicted molar refractivity (Wildman–Crippen MR) is 137 cm³/mol. The third-order valence-electron chi connectivity index (χ3n) is 6.64. The van der Waals surface area contributed by atoms with Crippen LogP contribution in [-0.4, -0.2) is 68.3 Å². The fourth-order valence-electron chi connectivity index (χ4n) is 4.59. The number of amidine groups is 1. The van der Waals surface area contributed by atoms with E-state index in [1.807, 2.05) is 0 Å². The van der Waals surface area contributed by atoms with Gasteiger partial charge in [0.25, 0.3) is 6.43 Å². The Bertz CT molecular complexity index is 1220. The number of hydrogen-bond acceptors (Lipinski definition) is 6. The second-order valence-electron chi connectivity index (χ2n) is 9.02. The van der Waals surface area contributed by atoms with Crippen molar-refractivity contribution < 1.29 is 27.4 Å². The molecule has 4 N–H and O–H groups in total. The lowest BCUT2D eigenvalue weighted by Gasteiger charge is -2.34. The van der Waals surface area contributed by atoms with Gasteiger partial charge in [0.2, 0.25) is 5.88 Å². The first-order chi connectivity index (χ1) is 18.3. The van der Waals surface area contributed by atoms with Crippen molar-refractivity contribution in [3.05, 3.63) is 53.1 Å². The van der Waals surface area contributed by atoms with Crippen LogP contribution in [-0.2, 0) is 4.74 Å². The molecule has 1 saturated heterocycles. The summed E-state index contributed by atoms with van der Waals surface area (Å²) >= 11 is 0. The van der Waals surface area contributed by atoms with Gasteiger partial charge in [-0.1, -0.05) is 0 Å². The molecule has 0 aliphatic carbocycles. The van der Waals surface area contributed by atoms with Crippen molar-refractivity contribution in [1.29, 1.82) is 5.41 Å². The standard InChI is InChI=1S/C26H31F3N6O3/c1-31-26(36)35-8-4-21(33-16-5-9-38-10-6-16)19(14-35)25(30)34-22-13-18(24(28)29)17(12-20(22)27)15-3-7-32-23(11-15)37-2/h3,7,11-13,16,24,33H,4-6,8-10,14H2,1-2H3,(H2,30,34)(H,31,36). The van der Waals surface area contributed by atoms with Gasteiger partial charge in [-0.05, 0) is 42.2 Å². The molecule has 12 heteroatoms. The van der Waals surface area contributed by atoms with E-state index in [9.17, 15) is 13.6 Å². The number of methoxy groups -OCH3 is 1. The summed E-state index contributed by atoms with van der Waals surface area (Å²) in [5, 5.41) is 17.5. The highest BCUT2D eigenvalue weighted by Gasteiger charge is 2.28. The second-order valence-corrected chi connectivity index (χ2v) is 9.02. The van der Waals surface area contributed by atoms with E-state index in [1.54, 1.807) is 4.90 Å². The van der Waals surface area contributed by atoms with Crippen LogP contribution < -0.4 is 20.7 Å². The van der Waals surface area contributed by atoms with Gasteiger partial charge in [-0.15, -0.1) is 0 Å². The molecule has 0 saturated carbocycles. The van der Waals surface area contributed by atoms with Gasteiger partial charge in [-0.2, -0.15) is 0 Å². The fraction of sp³-hybridized carbons (Fsp3) is 0.423. The van der Waals surface area contributed by atoms with Crippen molar-refractivity contribution in [2.45, 2.75) is 31.7 Å². The number of aromatic nitrogens is 1. The van der Waals surface area contributed by atoms with Gasteiger partial charge in [-0.3, -0.25) is 5.41 Å². The zero-order chi connectivity index (χ0) is 27.2. The first-order valence-corrected chi connectivity index (χ1v) is 12.3. The van der Waals surface area contributed by atoms with E-state index in [0.29, 0.717) is 37.3 Å². The van der Waals surface area contributed by atoms with Crippen LogP contribution in [0.15, 0.2) is 41.7 Å². The quantitative estimate of drug-likeness (QED) is 0.313. The predicted octanol–water partition coefficient (Wildman–Crippen LogP) is 4.29. The number of anilines is 1. The molecule has 38 heavy (non-hydrogen) atoms. The molecule has 204 valence electrons. The van der Waals surface area contributed by atoms with Crippen LogP contribution in [0.25, 0.3) is 11.1 Å². The van der Waals surface area contributed by atoms with Gasteiger partial charge in [0.15, 0.2) is 0 Å². The van der Waals surface area contributed by atoms with Crippen LogP contribution in [0.4, 0.5) is 23.7 Å². The van der Waals surface area contributed by atoms with Crippen LogP contribution >= 0.6 is 0 Å². The molecule has 1 fully saturated rings. The van der Waals surface area contributed by atoms with Crippen molar-refractivity contribution in [3.63, 3.8) is 0 Å². The number of alkyl halides is 2. The number of carbonyl (C=O) groups excluding carboxylic acids is 1. The van der Waals surface area contributed by atoms with Crippen molar-refractivity contribution in [2.24, 2.45) is 0 Å². The molecule has 0 radical (unpaired) electrons. The zero-order valence-corrected chi connectivity index (χ0v) is 21.2. The number of pyridine rings is 1. The summed E-state index contributed by atoms with van der Waals surface area (Å²) in [5.41, 5.74) is 0.897. The average molecular weight is 533 g/mol. The molecule has 0 atom stereocenters. The number of nitrogens with zero attached hydrogens (tertiary/aromatic N) is 2. The summed E-state index contributed by atoms with van der Waals surface area (Å²) in [6.07, 6.45) is 0.555. The SMILES string of the molecule is CNC(=O)N1CCC(NC2CCOCC2)=C(C(=N)Nc2cc(C(F)F)c(-c3ccnc(OC)c3)cc2F)C1. The van der Waals surface area contributed by atoms with E-state index < -0.39 is 17.8 Å². The topological polar surface area (TPSA) is 112 Å². The summed E-state index contributed by atoms with van der Waals surface area (Å²) in [6, 6.07) is 4.81. The average Bonchev–Trinajstić information content (AvgIpc) is 2.94. The van der Waals surface area contributed by atoms with Gasteiger partial charge >= 0.3 is 6.03 Å². The molecule has 0 spiro atoms. The Balaban J connectivity index is 1.65. The van der Waals surface area contributed by atoms with Crippen LogP contribution in [0.1, 0.15) is 31.3 Å². The lowest BCUT2D eigenvalue weighted by molar-refractivity contribution is 0.0798. The largest absolute Gasteiger partial charge is 0.481 e. The first-order valence-electron chi connectivity index (χ1n) is 12.3. The number of benzene rings is 1. The molecule has 2 amide bonds. The molecule has 1 aromatic heterocycles. The Morgan fingerprint density at radius 3 is 2.71 bits per heavy atom. The molecule has 2 aliphatic heterocycles. The molecule has 9 nitrogen and oxygen atoms in total. The lowest BCUT2D eigenvalue weighted by atomic mass is 9.99. The van der Waals surface area contributed by atoms with Crippen molar-refractivity contribution in [1.82, 2.24) is 20.5 Å². The number of nitrogens with one attached hydrogen (secondary N) is 4. The van der Waals surface area contributed by atoms with Gasteiger partial charge in [0, 0.05) is 68.4 Å². The normalized spacial score (nSPS) is 16.4. The van der Waals surface area contributed by atoms with E-state index in [0.717, 1.165) is 30.7 Å². The molecule has 0 bridgehead atoms. The van der Waals surface area contributed by atoms with Crippen LogP contribution in [0.3, 0.4) is 0 Å². The van der Waals surface area contributed by atoms with Crippen molar-refractivity contribution in [3.8, 4) is 17.0 Å². The van der Waals surface area contributed by atoms with E-state index in [1.165, 1.54) is 32.5 Å². The maximum absolute atomic E-state index is 15.2. The number of carbonyl (C=O) groups is 1. The molecular weight excluding hydrogens is 501 g/mol. The summed E-state index contributed by atoms with van der Waals surface area (Å²) < 4.78 is 53.9. The third-order valence-corrected chi connectivity index (χ3v) is 6.64. The summed E-state index contributed by atoms with van der Waals surface area (Å²) in [7, 11) is 2.92. The first kappa shape index (κ1) is 27.2. The molecular formula is C26H31F3N6O3. The molecule has 2 aliphatic rings. The van der Waals surface area contributed by atoms with E-state index in [4.69, 9.17) is 14.9 Å². The summed E-state index contributed by atoms with van der Waals surface area (Å²) in [6.45, 7) is 1.79. The second kappa shape index (κ2) is 12.2. The molecule has 3 heterocycles. The van der Waals surface area contributed by atoms with Crippen LogP contribution in [0.2, 0.25) is 0 Å². The lowest BCUT2D eigenvalue weighted by Crippen LogP contribution is -2.47. The maximum atomic E-state index is 15.2. The zero-order valence-electron chi connectivity index (χ0n) is 21.2. The van der Waals surface area contributed by atoms with E-state index >= 15 is 4.39 Å². The number of halogens is 3. The van der Waals surface area contributed by atoms with Gasteiger partial charge in [0.05, 0.1) is 19.3 Å². The summed E-state index contributed by atoms with van der Waals surface area (Å²) in [4.78, 5) is 17.8. The Labute approximate surface area is 218 Å². The van der Waals surface area contributed by atoms with Crippen LogP contribution in [0, 0.1) is 11.2 Å². The van der Waals surface area contributed by atoms with Crippen molar-refractivity contribution in [2.75, 3.05) is 45.8 Å².